The van der Waals surface area contributed by atoms with Crippen molar-refractivity contribution >= 4 is 11.6 Å². The Morgan fingerprint density at radius 1 is 1.44 bits per heavy atom. The monoisotopic (exact) mass is 267 g/mol. The third-order valence-electron chi connectivity index (χ3n) is 2.63. The van der Waals surface area contributed by atoms with Crippen LogP contribution >= 0.6 is 11.6 Å². The number of nitrogens with zero attached hydrogens (tertiary/aromatic N) is 2. The van der Waals surface area contributed by atoms with Crippen LogP contribution in [-0.4, -0.2) is 16.3 Å². The van der Waals surface area contributed by atoms with Crippen LogP contribution < -0.4 is 5.32 Å². The summed E-state index contributed by atoms with van der Waals surface area (Å²) < 4.78 is 15.4. The van der Waals surface area contributed by atoms with E-state index in [1.165, 1.54) is 0 Å². The molecule has 1 aromatic carbocycles. The zero-order valence-corrected chi connectivity index (χ0v) is 10.9. The quantitative estimate of drug-likeness (QED) is 0.845. The summed E-state index contributed by atoms with van der Waals surface area (Å²) >= 11 is 5.71. The normalized spacial score (nSPS) is 10.8. The van der Waals surface area contributed by atoms with E-state index in [2.05, 4.69) is 10.4 Å². The number of hydrogen-bond donors (Lipinski definition) is 1. The van der Waals surface area contributed by atoms with Gasteiger partial charge >= 0.3 is 0 Å². The molecule has 96 valence electrons. The van der Waals surface area contributed by atoms with Crippen molar-refractivity contribution in [3.8, 4) is 0 Å². The summed E-state index contributed by atoms with van der Waals surface area (Å²) in [5.74, 6) is -0.346. The molecule has 5 heteroatoms. The van der Waals surface area contributed by atoms with Gasteiger partial charge in [-0.05, 0) is 18.6 Å². The highest BCUT2D eigenvalue weighted by molar-refractivity contribution is 6.30. The molecule has 1 aromatic heterocycles. The Hall–Kier alpha value is -1.39. The molecule has 2 rings (SSSR count). The maximum Gasteiger partial charge on any atom is 0.146 e. The summed E-state index contributed by atoms with van der Waals surface area (Å²) in [6.45, 7) is 3.95. The van der Waals surface area contributed by atoms with Crippen molar-refractivity contribution in [3.05, 3.63) is 52.6 Å². The Balaban J connectivity index is 1.80. The molecule has 0 bridgehead atoms. The van der Waals surface area contributed by atoms with E-state index in [1.807, 2.05) is 24.0 Å². The number of rotatable bonds is 5. The molecule has 0 spiro atoms. The molecular formula is C13H15ClFN3. The average Bonchev–Trinajstić information content (AvgIpc) is 2.76. The smallest absolute Gasteiger partial charge is 0.146 e. The molecule has 0 unspecified atom stereocenters. The van der Waals surface area contributed by atoms with E-state index in [4.69, 9.17) is 11.6 Å². The van der Waals surface area contributed by atoms with Gasteiger partial charge in [-0.1, -0.05) is 23.7 Å². The van der Waals surface area contributed by atoms with Gasteiger partial charge in [-0.3, -0.25) is 4.68 Å². The fourth-order valence-electron chi connectivity index (χ4n) is 1.69. The van der Waals surface area contributed by atoms with E-state index < -0.39 is 0 Å². The third-order valence-corrected chi connectivity index (χ3v) is 2.92. The van der Waals surface area contributed by atoms with Crippen molar-refractivity contribution in [2.24, 2.45) is 0 Å². The summed E-state index contributed by atoms with van der Waals surface area (Å²) in [4.78, 5) is 0. The van der Waals surface area contributed by atoms with Gasteiger partial charge < -0.3 is 5.32 Å². The number of aromatic nitrogens is 2. The molecule has 3 nitrogen and oxygen atoms in total. The van der Waals surface area contributed by atoms with E-state index >= 15 is 0 Å². The lowest BCUT2D eigenvalue weighted by Gasteiger charge is -2.07. The fraction of sp³-hybridized carbons (Fsp3) is 0.308. The second-order valence-electron chi connectivity index (χ2n) is 4.17. The maximum atomic E-state index is 13.6. The van der Waals surface area contributed by atoms with Gasteiger partial charge in [0.15, 0.2) is 0 Å². The van der Waals surface area contributed by atoms with E-state index in [0.29, 0.717) is 12.1 Å². The van der Waals surface area contributed by atoms with Crippen molar-refractivity contribution in [1.82, 2.24) is 15.1 Å². The van der Waals surface area contributed by atoms with Gasteiger partial charge in [-0.25, -0.2) is 4.39 Å². The zero-order chi connectivity index (χ0) is 13.0. The molecule has 2 aromatic rings. The lowest BCUT2D eigenvalue weighted by Crippen LogP contribution is -2.20. The molecule has 0 amide bonds. The lowest BCUT2D eigenvalue weighted by atomic mass is 10.2. The van der Waals surface area contributed by atoms with Gasteiger partial charge in [0, 0.05) is 24.8 Å². The zero-order valence-electron chi connectivity index (χ0n) is 10.2. The number of nitrogens with one attached hydrogen (secondary N) is 1. The predicted octanol–water partition coefficient (Wildman–Crippen LogP) is 2.77. The van der Waals surface area contributed by atoms with Gasteiger partial charge in [-0.15, -0.1) is 0 Å². The highest BCUT2D eigenvalue weighted by Crippen LogP contribution is 2.17. The minimum absolute atomic E-state index is 0.164. The van der Waals surface area contributed by atoms with Gasteiger partial charge in [-0.2, -0.15) is 5.10 Å². The molecule has 0 atom stereocenters. The molecule has 0 saturated carbocycles. The van der Waals surface area contributed by atoms with Crippen molar-refractivity contribution < 1.29 is 4.39 Å². The molecule has 0 saturated heterocycles. The number of aryl methyl sites for hydroxylation is 1. The molecule has 0 fully saturated rings. The minimum Gasteiger partial charge on any atom is -0.311 e. The number of hydrogen-bond acceptors (Lipinski definition) is 2. The van der Waals surface area contributed by atoms with Crippen molar-refractivity contribution in [3.63, 3.8) is 0 Å². The van der Waals surface area contributed by atoms with Gasteiger partial charge in [0.05, 0.1) is 17.8 Å². The second-order valence-corrected chi connectivity index (χ2v) is 4.58. The Morgan fingerprint density at radius 2 is 2.28 bits per heavy atom. The van der Waals surface area contributed by atoms with Crippen molar-refractivity contribution in [2.45, 2.75) is 20.0 Å². The van der Waals surface area contributed by atoms with Crippen LogP contribution in [0.1, 0.15) is 11.1 Å². The largest absolute Gasteiger partial charge is 0.311 e. The van der Waals surface area contributed by atoms with E-state index in [0.717, 1.165) is 18.7 Å². The SMILES string of the molecule is Cc1cnn(CCNCc2cccc(Cl)c2F)c1. The Kier molecular flexibility index (Phi) is 4.33. The first-order chi connectivity index (χ1) is 8.66. The summed E-state index contributed by atoms with van der Waals surface area (Å²) in [5.41, 5.74) is 1.72. The molecule has 0 aliphatic rings. The van der Waals surface area contributed by atoms with Crippen molar-refractivity contribution in [2.75, 3.05) is 6.54 Å². The highest BCUT2D eigenvalue weighted by Gasteiger charge is 2.05. The molecule has 1 heterocycles. The van der Waals surface area contributed by atoms with E-state index in [9.17, 15) is 4.39 Å². The molecule has 0 radical (unpaired) electrons. The maximum absolute atomic E-state index is 13.6. The topological polar surface area (TPSA) is 29.9 Å². The van der Waals surface area contributed by atoms with Crippen LogP contribution in [0, 0.1) is 12.7 Å². The lowest BCUT2D eigenvalue weighted by molar-refractivity contribution is 0.540. The Morgan fingerprint density at radius 3 is 3.00 bits per heavy atom. The summed E-state index contributed by atoms with van der Waals surface area (Å²) in [7, 11) is 0. The number of benzene rings is 1. The predicted molar refractivity (Wildman–Crippen MR) is 70.1 cm³/mol. The summed E-state index contributed by atoms with van der Waals surface area (Å²) in [6, 6.07) is 5.03. The van der Waals surface area contributed by atoms with Crippen molar-refractivity contribution in [1.29, 1.82) is 0 Å². The van der Waals surface area contributed by atoms with Crippen LogP contribution in [0.3, 0.4) is 0 Å². The molecule has 0 aliphatic heterocycles. The molecule has 18 heavy (non-hydrogen) atoms. The molecule has 1 N–H and O–H groups in total. The molecular weight excluding hydrogens is 253 g/mol. The van der Waals surface area contributed by atoms with Crippen LogP contribution in [0.5, 0.6) is 0 Å². The van der Waals surface area contributed by atoms with Gasteiger partial charge in [0.1, 0.15) is 5.82 Å². The number of halogens is 2. The third kappa shape index (κ3) is 3.31. The Labute approximate surface area is 111 Å². The van der Waals surface area contributed by atoms with Crippen LogP contribution in [0.25, 0.3) is 0 Å². The average molecular weight is 268 g/mol. The second kappa shape index (κ2) is 5.98. The minimum atomic E-state index is -0.346. The first kappa shape index (κ1) is 13.1. The van der Waals surface area contributed by atoms with Crippen LogP contribution in [0.4, 0.5) is 4.39 Å². The van der Waals surface area contributed by atoms with Crippen LogP contribution in [0.15, 0.2) is 30.6 Å². The first-order valence-corrected chi connectivity index (χ1v) is 6.17. The highest BCUT2D eigenvalue weighted by atomic mass is 35.5. The van der Waals surface area contributed by atoms with E-state index in [-0.39, 0.29) is 10.8 Å². The standard InChI is InChI=1S/C13H15ClFN3/c1-10-7-17-18(9-10)6-5-16-8-11-3-2-4-12(14)13(11)15/h2-4,7,9,16H,5-6,8H2,1H3. The van der Waals surface area contributed by atoms with Gasteiger partial charge in [0.2, 0.25) is 0 Å². The van der Waals surface area contributed by atoms with Crippen LogP contribution in [0.2, 0.25) is 5.02 Å². The first-order valence-electron chi connectivity index (χ1n) is 5.79. The van der Waals surface area contributed by atoms with Crippen LogP contribution in [-0.2, 0) is 13.1 Å². The molecule has 0 aliphatic carbocycles. The Bertz CT molecular complexity index is 525. The summed E-state index contributed by atoms with van der Waals surface area (Å²) in [5, 5.41) is 7.51. The van der Waals surface area contributed by atoms with Gasteiger partial charge in [0.25, 0.3) is 0 Å². The fourth-order valence-corrected chi connectivity index (χ4v) is 1.88. The summed E-state index contributed by atoms with van der Waals surface area (Å²) in [6.07, 6.45) is 3.79. The van der Waals surface area contributed by atoms with E-state index in [1.54, 1.807) is 18.2 Å².